The van der Waals surface area contributed by atoms with Gasteiger partial charge in [0.25, 0.3) is 0 Å². The van der Waals surface area contributed by atoms with Crippen LogP contribution in [-0.4, -0.2) is 45.9 Å². The van der Waals surface area contributed by atoms with E-state index in [2.05, 4.69) is 44.5 Å². The maximum Gasteiger partial charge on any atom is 0.219 e. The number of amides is 1. The highest BCUT2D eigenvalue weighted by Gasteiger charge is 2.34. The molecule has 21 heavy (non-hydrogen) atoms. The van der Waals surface area contributed by atoms with Crippen LogP contribution in [0.4, 0.5) is 0 Å². The SMILES string of the molecule is CC(=O)N1CCN(Cc2cnc(C(C)(C)C)s2)C(C)(C)C1. The molecule has 0 N–H and O–H groups in total. The molecular formula is C16H27N3OS. The van der Waals surface area contributed by atoms with E-state index in [-0.39, 0.29) is 16.9 Å². The molecule has 2 rings (SSSR count). The number of hydrogen-bond donors (Lipinski definition) is 0. The van der Waals surface area contributed by atoms with Crippen LogP contribution in [0.25, 0.3) is 0 Å². The monoisotopic (exact) mass is 309 g/mol. The van der Waals surface area contributed by atoms with Crippen molar-refractivity contribution in [3.05, 3.63) is 16.1 Å². The molecule has 0 unspecified atom stereocenters. The Bertz CT molecular complexity index is 516. The minimum Gasteiger partial charge on any atom is -0.340 e. The van der Waals surface area contributed by atoms with Gasteiger partial charge in [-0.05, 0) is 13.8 Å². The van der Waals surface area contributed by atoms with Gasteiger partial charge in [-0.1, -0.05) is 20.8 Å². The average molecular weight is 309 g/mol. The van der Waals surface area contributed by atoms with Crippen molar-refractivity contribution in [3.8, 4) is 0 Å². The number of carbonyl (C=O) groups is 1. The molecule has 2 heterocycles. The molecule has 0 spiro atoms. The molecule has 0 aromatic carbocycles. The summed E-state index contributed by atoms with van der Waals surface area (Å²) in [5.41, 5.74) is 0.127. The third-order valence-electron chi connectivity index (χ3n) is 4.06. The predicted molar refractivity (Wildman–Crippen MR) is 87.6 cm³/mol. The highest BCUT2D eigenvalue weighted by Crippen LogP contribution is 2.29. The van der Waals surface area contributed by atoms with Gasteiger partial charge in [0.05, 0.1) is 5.01 Å². The van der Waals surface area contributed by atoms with Crippen LogP contribution in [-0.2, 0) is 16.8 Å². The van der Waals surface area contributed by atoms with Gasteiger partial charge in [-0.25, -0.2) is 4.98 Å². The lowest BCUT2D eigenvalue weighted by atomic mass is 9.98. The number of hydrogen-bond acceptors (Lipinski definition) is 4. The summed E-state index contributed by atoms with van der Waals surface area (Å²) in [7, 11) is 0. The molecule has 1 saturated heterocycles. The first kappa shape index (κ1) is 16.4. The van der Waals surface area contributed by atoms with E-state index in [4.69, 9.17) is 0 Å². The molecule has 1 amide bonds. The van der Waals surface area contributed by atoms with Gasteiger partial charge in [0.1, 0.15) is 0 Å². The van der Waals surface area contributed by atoms with E-state index in [1.54, 1.807) is 6.92 Å². The fourth-order valence-electron chi connectivity index (χ4n) is 2.67. The van der Waals surface area contributed by atoms with E-state index in [1.807, 2.05) is 22.4 Å². The van der Waals surface area contributed by atoms with Gasteiger partial charge in [0.15, 0.2) is 0 Å². The van der Waals surface area contributed by atoms with Crippen LogP contribution in [0.3, 0.4) is 0 Å². The Morgan fingerprint density at radius 1 is 1.38 bits per heavy atom. The lowest BCUT2D eigenvalue weighted by Gasteiger charge is -2.46. The molecule has 1 aromatic rings. The van der Waals surface area contributed by atoms with Crippen LogP contribution in [0.2, 0.25) is 0 Å². The van der Waals surface area contributed by atoms with Crippen molar-refractivity contribution >= 4 is 17.2 Å². The zero-order valence-corrected chi connectivity index (χ0v) is 14.9. The molecular weight excluding hydrogens is 282 g/mol. The van der Waals surface area contributed by atoms with Crippen molar-refractivity contribution in [3.63, 3.8) is 0 Å². The Hall–Kier alpha value is -0.940. The quantitative estimate of drug-likeness (QED) is 0.843. The maximum absolute atomic E-state index is 11.6. The van der Waals surface area contributed by atoms with E-state index in [0.717, 1.165) is 26.2 Å². The van der Waals surface area contributed by atoms with E-state index in [0.29, 0.717) is 0 Å². The molecule has 1 aliphatic heterocycles. The molecule has 1 aromatic heterocycles. The Morgan fingerprint density at radius 2 is 2.05 bits per heavy atom. The maximum atomic E-state index is 11.6. The number of piperazine rings is 1. The summed E-state index contributed by atoms with van der Waals surface area (Å²) in [5.74, 6) is 0.176. The van der Waals surface area contributed by atoms with Gasteiger partial charge < -0.3 is 4.90 Å². The lowest BCUT2D eigenvalue weighted by molar-refractivity contribution is -0.134. The predicted octanol–water partition coefficient (Wildman–Crippen LogP) is 2.88. The highest BCUT2D eigenvalue weighted by atomic mass is 32.1. The first-order valence-electron chi connectivity index (χ1n) is 7.55. The lowest BCUT2D eigenvalue weighted by Crippen LogP contribution is -2.59. The summed E-state index contributed by atoms with van der Waals surface area (Å²) in [4.78, 5) is 21.9. The zero-order valence-electron chi connectivity index (χ0n) is 14.1. The molecule has 0 bridgehead atoms. The second kappa shape index (κ2) is 5.69. The largest absolute Gasteiger partial charge is 0.340 e. The second-order valence-corrected chi connectivity index (χ2v) is 8.67. The molecule has 1 aliphatic rings. The normalized spacial score (nSPS) is 19.8. The average Bonchev–Trinajstić information content (AvgIpc) is 2.79. The fraction of sp³-hybridized carbons (Fsp3) is 0.750. The van der Waals surface area contributed by atoms with Crippen molar-refractivity contribution in [1.29, 1.82) is 0 Å². The van der Waals surface area contributed by atoms with Crippen LogP contribution in [0.5, 0.6) is 0 Å². The van der Waals surface area contributed by atoms with Crippen molar-refractivity contribution in [2.24, 2.45) is 0 Å². The third-order valence-corrected chi connectivity index (χ3v) is 5.47. The summed E-state index contributed by atoms with van der Waals surface area (Å²) in [5, 5.41) is 1.19. The van der Waals surface area contributed by atoms with Gasteiger partial charge in [-0.15, -0.1) is 11.3 Å². The number of carbonyl (C=O) groups excluding carboxylic acids is 1. The number of nitrogens with zero attached hydrogens (tertiary/aromatic N) is 3. The first-order valence-corrected chi connectivity index (χ1v) is 8.37. The number of aromatic nitrogens is 1. The highest BCUT2D eigenvalue weighted by molar-refractivity contribution is 7.11. The van der Waals surface area contributed by atoms with Crippen LogP contribution in [0.15, 0.2) is 6.20 Å². The summed E-state index contributed by atoms with van der Waals surface area (Å²) in [6.07, 6.45) is 2.01. The minimum absolute atomic E-state index is 0.00973. The Kier molecular flexibility index (Phi) is 4.45. The van der Waals surface area contributed by atoms with Crippen molar-refractivity contribution in [1.82, 2.24) is 14.8 Å². The van der Waals surface area contributed by atoms with Crippen LogP contribution in [0.1, 0.15) is 51.4 Å². The first-order chi connectivity index (χ1) is 9.59. The summed E-state index contributed by atoms with van der Waals surface area (Å²) < 4.78 is 0. The van der Waals surface area contributed by atoms with Crippen molar-refractivity contribution < 1.29 is 4.79 Å². The van der Waals surface area contributed by atoms with E-state index in [9.17, 15) is 4.79 Å². The molecule has 0 atom stereocenters. The van der Waals surface area contributed by atoms with Crippen LogP contribution < -0.4 is 0 Å². The van der Waals surface area contributed by atoms with Crippen molar-refractivity contribution in [2.45, 2.75) is 59.0 Å². The van der Waals surface area contributed by atoms with Gasteiger partial charge in [0.2, 0.25) is 5.91 Å². The van der Waals surface area contributed by atoms with Crippen molar-refractivity contribution in [2.75, 3.05) is 19.6 Å². The zero-order chi connectivity index (χ0) is 15.8. The molecule has 4 nitrogen and oxygen atoms in total. The number of thiazole rings is 1. The molecule has 118 valence electrons. The third kappa shape index (κ3) is 3.83. The Morgan fingerprint density at radius 3 is 2.52 bits per heavy atom. The van der Waals surface area contributed by atoms with Gasteiger partial charge in [-0.2, -0.15) is 0 Å². The van der Waals surface area contributed by atoms with E-state index < -0.39 is 0 Å². The van der Waals surface area contributed by atoms with Crippen LogP contribution >= 0.6 is 11.3 Å². The minimum atomic E-state index is 0.00973. The fourth-order valence-corrected chi connectivity index (χ4v) is 3.65. The Balaban J connectivity index is 2.06. The van der Waals surface area contributed by atoms with Gasteiger partial charge >= 0.3 is 0 Å². The smallest absolute Gasteiger partial charge is 0.219 e. The molecule has 5 heteroatoms. The summed E-state index contributed by atoms with van der Waals surface area (Å²) in [6, 6.07) is 0. The molecule has 1 fully saturated rings. The van der Waals surface area contributed by atoms with E-state index >= 15 is 0 Å². The summed E-state index contributed by atoms with van der Waals surface area (Å²) >= 11 is 1.81. The van der Waals surface area contributed by atoms with Gasteiger partial charge in [0, 0.05) is 55.1 Å². The molecule has 0 radical (unpaired) electrons. The standard InChI is InChI=1S/C16H27N3OS/c1-12(20)18-7-8-19(16(5,6)11-18)10-13-9-17-14(21-13)15(2,3)4/h9H,7-8,10-11H2,1-6H3. The molecule has 0 aliphatic carbocycles. The number of rotatable bonds is 2. The van der Waals surface area contributed by atoms with E-state index in [1.165, 1.54) is 9.88 Å². The topological polar surface area (TPSA) is 36.4 Å². The molecule has 0 saturated carbocycles. The second-order valence-electron chi connectivity index (χ2n) is 7.56. The Labute approximate surface area is 132 Å². The summed E-state index contributed by atoms with van der Waals surface area (Å²) in [6.45, 7) is 16.2. The van der Waals surface area contributed by atoms with Crippen LogP contribution in [0, 0.1) is 0 Å². The van der Waals surface area contributed by atoms with Gasteiger partial charge in [-0.3, -0.25) is 9.69 Å².